The molecule has 1 atom stereocenters. The van der Waals surface area contributed by atoms with Crippen molar-refractivity contribution < 1.29 is 9.53 Å². The summed E-state index contributed by atoms with van der Waals surface area (Å²) in [6, 6.07) is 11.6. The number of amides is 2. The van der Waals surface area contributed by atoms with Crippen molar-refractivity contribution in [2.24, 2.45) is 0 Å². The van der Waals surface area contributed by atoms with E-state index in [1.807, 2.05) is 36.4 Å². The molecule has 22 heavy (non-hydrogen) atoms. The molecule has 0 saturated carbocycles. The van der Waals surface area contributed by atoms with Crippen LogP contribution in [0.15, 0.2) is 47.1 Å². The van der Waals surface area contributed by atoms with Crippen LogP contribution in [0.4, 0.5) is 10.6 Å². The van der Waals surface area contributed by atoms with Gasteiger partial charge in [0.15, 0.2) is 0 Å². The normalized spacial score (nSPS) is 17.5. The number of carbonyl (C=O) groups is 1. The first-order valence-electron chi connectivity index (χ1n) is 6.99. The van der Waals surface area contributed by atoms with Crippen LogP contribution >= 0.6 is 15.9 Å². The number of halogens is 1. The van der Waals surface area contributed by atoms with Gasteiger partial charge in [0, 0.05) is 17.2 Å². The van der Waals surface area contributed by atoms with Crippen molar-refractivity contribution in [3.05, 3.63) is 52.6 Å². The van der Waals surface area contributed by atoms with E-state index < -0.39 is 0 Å². The molecule has 1 aliphatic rings. The van der Waals surface area contributed by atoms with Crippen LogP contribution < -0.4 is 15.0 Å². The average Bonchev–Trinajstić information content (AvgIpc) is 2.89. The first-order chi connectivity index (χ1) is 10.7. The van der Waals surface area contributed by atoms with Crippen molar-refractivity contribution in [3.63, 3.8) is 0 Å². The number of hydrogen-bond acceptors (Lipinski definition) is 3. The molecule has 1 saturated heterocycles. The van der Waals surface area contributed by atoms with E-state index in [1.165, 1.54) is 0 Å². The van der Waals surface area contributed by atoms with Crippen LogP contribution in [-0.2, 0) is 6.42 Å². The van der Waals surface area contributed by atoms with Gasteiger partial charge >= 0.3 is 6.03 Å². The standard InChI is InChI=1S/C16H16BrN3O2/c1-22-14-4-2-3-11(8-14)7-13-10-19-16(21)20(13)15-6-5-12(17)9-18-15/h2-6,8-9,13H,7,10H2,1H3,(H,19,21). The lowest BCUT2D eigenvalue weighted by Crippen LogP contribution is -2.36. The van der Waals surface area contributed by atoms with Gasteiger partial charge in [0.25, 0.3) is 0 Å². The number of pyridine rings is 1. The van der Waals surface area contributed by atoms with Gasteiger partial charge in [-0.1, -0.05) is 12.1 Å². The Morgan fingerprint density at radius 1 is 1.41 bits per heavy atom. The minimum absolute atomic E-state index is 0.0354. The molecule has 1 unspecified atom stereocenters. The number of rotatable bonds is 4. The highest BCUT2D eigenvalue weighted by molar-refractivity contribution is 9.10. The van der Waals surface area contributed by atoms with Gasteiger partial charge in [0.05, 0.1) is 13.2 Å². The first kappa shape index (κ1) is 14.8. The molecule has 2 heterocycles. The number of nitrogens with one attached hydrogen (secondary N) is 1. The molecule has 1 aromatic heterocycles. The molecule has 5 nitrogen and oxygen atoms in total. The zero-order valence-corrected chi connectivity index (χ0v) is 13.7. The van der Waals surface area contributed by atoms with Crippen molar-refractivity contribution in [1.82, 2.24) is 10.3 Å². The summed E-state index contributed by atoms with van der Waals surface area (Å²) < 4.78 is 6.14. The summed E-state index contributed by atoms with van der Waals surface area (Å²) in [5.41, 5.74) is 1.13. The van der Waals surface area contributed by atoms with E-state index in [9.17, 15) is 4.79 Å². The van der Waals surface area contributed by atoms with Gasteiger partial charge in [-0.2, -0.15) is 0 Å². The SMILES string of the molecule is COc1cccc(CC2CNC(=O)N2c2ccc(Br)cn2)c1. The lowest BCUT2D eigenvalue weighted by molar-refractivity contribution is 0.251. The Hall–Kier alpha value is -2.08. The number of methoxy groups -OCH3 is 1. The number of hydrogen-bond donors (Lipinski definition) is 1. The monoisotopic (exact) mass is 361 g/mol. The molecule has 1 aliphatic heterocycles. The predicted octanol–water partition coefficient (Wildman–Crippen LogP) is 2.99. The van der Waals surface area contributed by atoms with E-state index in [4.69, 9.17) is 4.74 Å². The number of benzene rings is 1. The van der Waals surface area contributed by atoms with Gasteiger partial charge < -0.3 is 10.1 Å². The molecule has 0 aliphatic carbocycles. The predicted molar refractivity (Wildman–Crippen MR) is 88.3 cm³/mol. The van der Waals surface area contributed by atoms with E-state index in [0.717, 1.165) is 22.2 Å². The number of carbonyl (C=O) groups excluding carboxylic acids is 1. The summed E-state index contributed by atoms with van der Waals surface area (Å²) in [5, 5.41) is 2.89. The van der Waals surface area contributed by atoms with Gasteiger partial charge in [-0.3, -0.25) is 4.90 Å². The fraction of sp³-hybridized carbons (Fsp3) is 0.250. The second kappa shape index (κ2) is 6.36. The first-order valence-corrected chi connectivity index (χ1v) is 7.78. The molecular weight excluding hydrogens is 346 g/mol. The number of aromatic nitrogens is 1. The molecule has 0 spiro atoms. The van der Waals surface area contributed by atoms with E-state index >= 15 is 0 Å². The van der Waals surface area contributed by atoms with Crippen molar-refractivity contribution in [3.8, 4) is 5.75 Å². The van der Waals surface area contributed by atoms with Crippen molar-refractivity contribution in [2.75, 3.05) is 18.6 Å². The zero-order chi connectivity index (χ0) is 15.5. The summed E-state index contributed by atoms with van der Waals surface area (Å²) >= 11 is 3.36. The highest BCUT2D eigenvalue weighted by atomic mass is 79.9. The van der Waals surface area contributed by atoms with Crippen LogP contribution in [0.25, 0.3) is 0 Å². The second-order valence-electron chi connectivity index (χ2n) is 5.10. The minimum Gasteiger partial charge on any atom is -0.497 e. The molecule has 1 N–H and O–H groups in total. The Morgan fingerprint density at radius 3 is 3.00 bits per heavy atom. The minimum atomic E-state index is -0.109. The van der Waals surface area contributed by atoms with Gasteiger partial charge in [-0.25, -0.2) is 9.78 Å². The number of ether oxygens (including phenoxy) is 1. The fourth-order valence-electron chi connectivity index (χ4n) is 2.58. The third-order valence-corrected chi connectivity index (χ3v) is 4.11. The molecule has 2 amide bonds. The highest BCUT2D eigenvalue weighted by Gasteiger charge is 2.32. The lowest BCUT2D eigenvalue weighted by atomic mass is 10.1. The second-order valence-corrected chi connectivity index (χ2v) is 6.02. The highest BCUT2D eigenvalue weighted by Crippen LogP contribution is 2.23. The molecule has 114 valence electrons. The maximum absolute atomic E-state index is 12.1. The largest absolute Gasteiger partial charge is 0.497 e. The maximum atomic E-state index is 12.1. The van der Waals surface area contributed by atoms with Crippen LogP contribution in [0.3, 0.4) is 0 Å². The number of urea groups is 1. The van der Waals surface area contributed by atoms with E-state index in [2.05, 4.69) is 26.2 Å². The molecule has 6 heteroatoms. The number of anilines is 1. The molecule has 0 bridgehead atoms. The average molecular weight is 362 g/mol. The van der Waals surface area contributed by atoms with Crippen LogP contribution in [0.1, 0.15) is 5.56 Å². The maximum Gasteiger partial charge on any atom is 0.323 e. The van der Waals surface area contributed by atoms with E-state index in [1.54, 1.807) is 18.2 Å². The quantitative estimate of drug-likeness (QED) is 0.910. The van der Waals surface area contributed by atoms with E-state index in [0.29, 0.717) is 12.4 Å². The molecule has 2 aromatic rings. The molecule has 1 aromatic carbocycles. The van der Waals surface area contributed by atoms with Gasteiger partial charge in [-0.15, -0.1) is 0 Å². The summed E-state index contributed by atoms with van der Waals surface area (Å²) in [5.74, 6) is 1.48. The van der Waals surface area contributed by atoms with Crippen molar-refractivity contribution >= 4 is 27.8 Å². The summed E-state index contributed by atoms with van der Waals surface area (Å²) in [7, 11) is 1.65. The molecular formula is C16H16BrN3O2. The lowest BCUT2D eigenvalue weighted by Gasteiger charge is -2.22. The Kier molecular flexibility index (Phi) is 4.29. The van der Waals surface area contributed by atoms with Gasteiger partial charge in [-0.05, 0) is 52.2 Å². The van der Waals surface area contributed by atoms with Gasteiger partial charge in [0.1, 0.15) is 11.6 Å². The van der Waals surface area contributed by atoms with E-state index in [-0.39, 0.29) is 12.1 Å². The smallest absolute Gasteiger partial charge is 0.323 e. The topological polar surface area (TPSA) is 54.5 Å². The summed E-state index contributed by atoms with van der Waals surface area (Å²) in [6.07, 6.45) is 2.44. The molecule has 0 radical (unpaired) electrons. The Balaban J connectivity index is 1.82. The van der Waals surface area contributed by atoms with Crippen LogP contribution in [0, 0.1) is 0 Å². The molecule has 3 rings (SSSR count). The van der Waals surface area contributed by atoms with Crippen molar-refractivity contribution in [1.29, 1.82) is 0 Å². The third-order valence-electron chi connectivity index (χ3n) is 3.64. The van der Waals surface area contributed by atoms with Crippen LogP contribution in [-0.4, -0.2) is 30.7 Å². The fourth-order valence-corrected chi connectivity index (χ4v) is 2.82. The van der Waals surface area contributed by atoms with Crippen LogP contribution in [0.2, 0.25) is 0 Å². The summed E-state index contributed by atoms with van der Waals surface area (Å²) in [6.45, 7) is 0.605. The Labute approximate surface area is 137 Å². The Morgan fingerprint density at radius 2 is 2.27 bits per heavy atom. The number of nitrogens with zero attached hydrogens (tertiary/aromatic N) is 2. The van der Waals surface area contributed by atoms with Gasteiger partial charge in [0.2, 0.25) is 0 Å². The van der Waals surface area contributed by atoms with Crippen molar-refractivity contribution in [2.45, 2.75) is 12.5 Å². The Bertz CT molecular complexity index is 675. The molecule has 1 fully saturated rings. The summed E-state index contributed by atoms with van der Waals surface area (Å²) in [4.78, 5) is 18.2. The zero-order valence-electron chi connectivity index (χ0n) is 12.1. The third kappa shape index (κ3) is 3.06. The van der Waals surface area contributed by atoms with Crippen LogP contribution in [0.5, 0.6) is 5.75 Å².